The van der Waals surface area contributed by atoms with Crippen molar-refractivity contribution in [2.24, 2.45) is 5.92 Å². The van der Waals surface area contributed by atoms with Crippen LogP contribution >= 0.6 is 0 Å². The van der Waals surface area contributed by atoms with E-state index >= 15 is 0 Å². The van der Waals surface area contributed by atoms with Crippen molar-refractivity contribution in [1.29, 1.82) is 0 Å². The van der Waals surface area contributed by atoms with Crippen molar-refractivity contribution in [1.82, 2.24) is 0 Å². The number of hydrogen-bond donors (Lipinski definition) is 0. The lowest BCUT2D eigenvalue weighted by Crippen LogP contribution is -2.30. The molecule has 0 aliphatic heterocycles. The Morgan fingerprint density at radius 3 is 0.839 bits per heavy atom. The van der Waals surface area contributed by atoms with Gasteiger partial charge in [-0.1, -0.05) is 278 Å². The van der Waals surface area contributed by atoms with Crippen LogP contribution in [-0.4, -0.2) is 37.2 Å². The van der Waals surface area contributed by atoms with Gasteiger partial charge in [0.25, 0.3) is 0 Å². The molecule has 0 saturated heterocycles. The normalized spacial score (nSPS) is 12.4. The summed E-state index contributed by atoms with van der Waals surface area (Å²) in [5, 5.41) is 0. The zero-order valence-electron chi connectivity index (χ0n) is 42.3. The van der Waals surface area contributed by atoms with Crippen LogP contribution in [0, 0.1) is 5.92 Å². The third-order valence-corrected chi connectivity index (χ3v) is 13.2. The minimum absolute atomic E-state index is 0.0623. The quantitative estimate of drug-likeness (QED) is 0.0344. The number of hydrogen-bond acceptors (Lipinski definition) is 6. The summed E-state index contributed by atoms with van der Waals surface area (Å²) in [4.78, 5) is 38.1. The highest BCUT2D eigenvalue weighted by Gasteiger charge is 2.19. The van der Waals surface area contributed by atoms with Crippen molar-refractivity contribution in [2.75, 3.05) is 13.2 Å². The van der Waals surface area contributed by atoms with Crippen LogP contribution < -0.4 is 0 Å². The van der Waals surface area contributed by atoms with E-state index in [1.54, 1.807) is 0 Å². The number of unbranched alkanes of at least 4 members (excludes halogenated alkanes) is 37. The van der Waals surface area contributed by atoms with Gasteiger partial charge in [-0.05, 0) is 25.2 Å². The van der Waals surface area contributed by atoms with Gasteiger partial charge in [0, 0.05) is 19.3 Å². The Balaban J connectivity index is 4.31. The van der Waals surface area contributed by atoms with Gasteiger partial charge in [-0.25, -0.2) is 0 Å². The third-order valence-electron chi connectivity index (χ3n) is 13.2. The molecular weight excluding hydrogens is 769 g/mol. The average Bonchev–Trinajstić information content (AvgIpc) is 3.27. The van der Waals surface area contributed by atoms with E-state index in [1.807, 2.05) is 0 Å². The Kier molecular flexibility index (Phi) is 49.1. The molecule has 6 nitrogen and oxygen atoms in total. The maximum atomic E-state index is 12.8. The van der Waals surface area contributed by atoms with Crippen molar-refractivity contribution in [3.8, 4) is 0 Å². The van der Waals surface area contributed by atoms with Gasteiger partial charge in [-0.2, -0.15) is 0 Å². The zero-order chi connectivity index (χ0) is 45.2. The Labute approximate surface area is 387 Å². The number of ether oxygens (including phenoxy) is 3. The number of carbonyl (C=O) groups is 3. The van der Waals surface area contributed by atoms with Gasteiger partial charge in [-0.3, -0.25) is 14.4 Å². The minimum Gasteiger partial charge on any atom is -0.462 e. The molecule has 0 aliphatic carbocycles. The molecule has 6 heteroatoms. The van der Waals surface area contributed by atoms with Crippen molar-refractivity contribution >= 4 is 17.9 Å². The SMILES string of the molecule is CCCCCCCCCCCCCCCCCCC(=O)OC[C@H](COC(=O)CCCCCCCCCCCCCCCC)OC(=O)CCCCCCCCCCCCC(C)CC. The van der Waals surface area contributed by atoms with E-state index in [1.165, 1.54) is 212 Å². The Morgan fingerprint density at radius 2 is 0.565 bits per heavy atom. The van der Waals surface area contributed by atoms with Crippen LogP contribution in [0.3, 0.4) is 0 Å². The predicted molar refractivity (Wildman–Crippen MR) is 266 cm³/mol. The molecule has 0 radical (unpaired) electrons. The highest BCUT2D eigenvalue weighted by Crippen LogP contribution is 2.18. The van der Waals surface area contributed by atoms with E-state index in [9.17, 15) is 14.4 Å². The molecule has 0 aromatic rings. The molecular formula is C56H108O6. The largest absolute Gasteiger partial charge is 0.462 e. The molecule has 62 heavy (non-hydrogen) atoms. The molecule has 0 fully saturated rings. The molecule has 0 amide bonds. The van der Waals surface area contributed by atoms with Crippen LogP contribution in [0.2, 0.25) is 0 Å². The monoisotopic (exact) mass is 877 g/mol. The maximum absolute atomic E-state index is 12.8. The van der Waals surface area contributed by atoms with E-state index in [0.29, 0.717) is 19.3 Å². The van der Waals surface area contributed by atoms with Crippen LogP contribution in [-0.2, 0) is 28.6 Å². The molecule has 0 heterocycles. The third kappa shape index (κ3) is 47.9. The summed E-state index contributed by atoms with van der Waals surface area (Å²) in [7, 11) is 0. The molecule has 0 aromatic heterocycles. The second-order valence-corrected chi connectivity index (χ2v) is 19.5. The molecule has 1 unspecified atom stereocenters. The van der Waals surface area contributed by atoms with Gasteiger partial charge in [-0.15, -0.1) is 0 Å². The highest BCUT2D eigenvalue weighted by molar-refractivity contribution is 5.71. The van der Waals surface area contributed by atoms with Crippen LogP contribution in [0.1, 0.15) is 317 Å². The summed E-state index contributed by atoms with van der Waals surface area (Å²) in [6.45, 7) is 9.07. The second kappa shape index (κ2) is 50.4. The number of esters is 3. The topological polar surface area (TPSA) is 78.9 Å². The fourth-order valence-electron chi connectivity index (χ4n) is 8.54. The highest BCUT2D eigenvalue weighted by atomic mass is 16.6. The van der Waals surface area contributed by atoms with Gasteiger partial charge >= 0.3 is 17.9 Å². The standard InChI is InChI=1S/C56H108O6/c1-5-8-10-12-14-16-18-20-22-23-25-27-32-36-40-44-48-55(58)61-51-53(62-56(59)49-45-41-37-33-29-28-30-34-38-42-46-52(4)7-3)50-60-54(57)47-43-39-35-31-26-24-21-19-17-15-13-11-9-6-2/h52-53H,5-51H2,1-4H3/t52?,53-/m0/s1. The summed E-state index contributed by atoms with van der Waals surface area (Å²) in [6.07, 6.45) is 53.6. The Hall–Kier alpha value is -1.59. The maximum Gasteiger partial charge on any atom is 0.306 e. The van der Waals surface area contributed by atoms with Gasteiger partial charge in [0.2, 0.25) is 0 Å². The fourth-order valence-corrected chi connectivity index (χ4v) is 8.54. The lowest BCUT2D eigenvalue weighted by molar-refractivity contribution is -0.167. The molecule has 368 valence electrons. The van der Waals surface area contributed by atoms with Crippen LogP contribution in [0.5, 0.6) is 0 Å². The first-order chi connectivity index (χ1) is 30.4. The zero-order valence-corrected chi connectivity index (χ0v) is 42.3. The van der Waals surface area contributed by atoms with Crippen molar-refractivity contribution < 1.29 is 28.6 Å². The number of carbonyl (C=O) groups excluding carboxylic acids is 3. The lowest BCUT2D eigenvalue weighted by Gasteiger charge is -2.18. The van der Waals surface area contributed by atoms with Crippen molar-refractivity contribution in [2.45, 2.75) is 323 Å². The molecule has 0 rings (SSSR count). The van der Waals surface area contributed by atoms with E-state index in [4.69, 9.17) is 14.2 Å². The molecule has 0 aromatic carbocycles. The molecule has 0 bridgehead atoms. The van der Waals surface area contributed by atoms with E-state index in [0.717, 1.165) is 63.7 Å². The van der Waals surface area contributed by atoms with E-state index in [-0.39, 0.29) is 31.1 Å². The Bertz CT molecular complexity index is 935. The van der Waals surface area contributed by atoms with Crippen LogP contribution in [0.15, 0.2) is 0 Å². The van der Waals surface area contributed by atoms with Crippen molar-refractivity contribution in [3.05, 3.63) is 0 Å². The first kappa shape index (κ1) is 60.4. The average molecular weight is 877 g/mol. The van der Waals surface area contributed by atoms with E-state index in [2.05, 4.69) is 27.7 Å². The number of rotatable bonds is 51. The van der Waals surface area contributed by atoms with E-state index < -0.39 is 6.10 Å². The molecule has 2 atom stereocenters. The molecule has 0 saturated carbocycles. The first-order valence-electron chi connectivity index (χ1n) is 27.9. The summed E-state index contributed by atoms with van der Waals surface area (Å²) in [6, 6.07) is 0. The minimum atomic E-state index is -0.761. The predicted octanol–water partition coefficient (Wildman–Crippen LogP) is 18.2. The molecule has 0 N–H and O–H groups in total. The smallest absolute Gasteiger partial charge is 0.306 e. The molecule has 0 spiro atoms. The van der Waals surface area contributed by atoms with Crippen LogP contribution in [0.4, 0.5) is 0 Å². The summed E-state index contributed by atoms with van der Waals surface area (Å²) < 4.78 is 16.9. The second-order valence-electron chi connectivity index (χ2n) is 19.5. The summed E-state index contributed by atoms with van der Waals surface area (Å²) >= 11 is 0. The summed E-state index contributed by atoms with van der Waals surface area (Å²) in [5.41, 5.74) is 0. The van der Waals surface area contributed by atoms with Gasteiger partial charge in [0.15, 0.2) is 6.10 Å². The van der Waals surface area contributed by atoms with Gasteiger partial charge in [0.1, 0.15) is 13.2 Å². The van der Waals surface area contributed by atoms with Gasteiger partial charge < -0.3 is 14.2 Å². The lowest BCUT2D eigenvalue weighted by atomic mass is 9.99. The fraction of sp³-hybridized carbons (Fsp3) is 0.946. The first-order valence-corrected chi connectivity index (χ1v) is 27.9. The van der Waals surface area contributed by atoms with Crippen LogP contribution in [0.25, 0.3) is 0 Å². The summed E-state index contributed by atoms with van der Waals surface area (Å²) in [5.74, 6) is 0.0289. The Morgan fingerprint density at radius 1 is 0.323 bits per heavy atom. The molecule has 0 aliphatic rings. The van der Waals surface area contributed by atoms with Gasteiger partial charge in [0.05, 0.1) is 0 Å². The van der Waals surface area contributed by atoms with Crippen molar-refractivity contribution in [3.63, 3.8) is 0 Å².